The second kappa shape index (κ2) is 7.63. The lowest BCUT2D eigenvalue weighted by atomic mass is 9.91. The van der Waals surface area contributed by atoms with Crippen LogP contribution in [0.3, 0.4) is 0 Å². The molecule has 1 aromatic heterocycles. The lowest BCUT2D eigenvalue weighted by molar-refractivity contribution is 0.405. The highest BCUT2D eigenvalue weighted by Crippen LogP contribution is 2.31. The van der Waals surface area contributed by atoms with Crippen LogP contribution in [-0.4, -0.2) is 26.7 Å². The van der Waals surface area contributed by atoms with Crippen LogP contribution < -0.4 is 10.6 Å². The van der Waals surface area contributed by atoms with Crippen LogP contribution in [0.1, 0.15) is 32.1 Å². The zero-order valence-corrected chi connectivity index (χ0v) is 14.2. The topological polar surface area (TPSA) is 24.1 Å². The minimum Gasteiger partial charge on any atom is -0.319 e. The van der Waals surface area contributed by atoms with Gasteiger partial charge in [-0.15, -0.1) is 11.3 Å². The molecule has 0 radical (unpaired) electrons. The van der Waals surface area contributed by atoms with Crippen molar-refractivity contribution in [2.45, 2.75) is 32.6 Å². The summed E-state index contributed by atoms with van der Waals surface area (Å²) in [7, 11) is 2.02. The summed E-state index contributed by atoms with van der Waals surface area (Å²) in [6, 6.07) is 2.23. The van der Waals surface area contributed by atoms with Crippen LogP contribution in [-0.2, 0) is 5.41 Å². The molecule has 1 unspecified atom stereocenters. The van der Waals surface area contributed by atoms with Crippen LogP contribution in [0.4, 0.5) is 0 Å². The standard InChI is InChI=1S/C14H25BrN2S/c1-5-11(7-16-4)8-17-10-14(2,3)13-6-12(15)9-18-13/h6,9,11,16-17H,5,7-8,10H2,1-4H3. The van der Waals surface area contributed by atoms with Gasteiger partial charge in [0.1, 0.15) is 0 Å². The first-order valence-corrected chi connectivity index (χ1v) is 8.26. The van der Waals surface area contributed by atoms with Gasteiger partial charge in [0.05, 0.1) is 0 Å². The lowest BCUT2D eigenvalue weighted by Crippen LogP contribution is -2.37. The van der Waals surface area contributed by atoms with E-state index in [1.165, 1.54) is 15.8 Å². The minimum atomic E-state index is 0.203. The van der Waals surface area contributed by atoms with Gasteiger partial charge in [-0.3, -0.25) is 0 Å². The second-order valence-corrected chi connectivity index (χ2v) is 7.30. The zero-order valence-electron chi connectivity index (χ0n) is 11.8. The van der Waals surface area contributed by atoms with E-state index < -0.39 is 0 Å². The first-order valence-electron chi connectivity index (χ1n) is 6.59. The summed E-state index contributed by atoms with van der Waals surface area (Å²) in [5.74, 6) is 0.723. The van der Waals surface area contributed by atoms with Crippen molar-refractivity contribution in [1.82, 2.24) is 10.6 Å². The summed E-state index contributed by atoms with van der Waals surface area (Å²) in [4.78, 5) is 1.43. The summed E-state index contributed by atoms with van der Waals surface area (Å²) >= 11 is 5.36. The molecular weight excluding hydrogens is 308 g/mol. The Morgan fingerprint density at radius 2 is 2.11 bits per heavy atom. The number of hydrogen-bond donors (Lipinski definition) is 2. The molecule has 2 N–H and O–H groups in total. The Kier molecular flexibility index (Phi) is 6.85. The quantitative estimate of drug-likeness (QED) is 0.759. The molecule has 1 aromatic rings. The number of nitrogens with one attached hydrogen (secondary N) is 2. The average Bonchev–Trinajstić information content (AvgIpc) is 2.75. The van der Waals surface area contributed by atoms with Crippen molar-refractivity contribution in [3.63, 3.8) is 0 Å². The predicted octanol–water partition coefficient (Wildman–Crippen LogP) is 3.62. The molecule has 1 atom stereocenters. The van der Waals surface area contributed by atoms with E-state index in [1.807, 2.05) is 18.4 Å². The highest BCUT2D eigenvalue weighted by molar-refractivity contribution is 9.10. The van der Waals surface area contributed by atoms with Gasteiger partial charge < -0.3 is 10.6 Å². The number of rotatable bonds is 8. The molecule has 4 heteroatoms. The van der Waals surface area contributed by atoms with E-state index >= 15 is 0 Å². The predicted molar refractivity (Wildman–Crippen MR) is 85.6 cm³/mol. The molecule has 18 heavy (non-hydrogen) atoms. The normalized spacial score (nSPS) is 13.8. The molecular formula is C14H25BrN2S. The molecule has 0 saturated carbocycles. The molecule has 0 spiro atoms. The van der Waals surface area contributed by atoms with Gasteiger partial charge in [-0.2, -0.15) is 0 Å². The first kappa shape index (κ1) is 16.2. The fourth-order valence-corrected chi connectivity index (χ4v) is 3.55. The fourth-order valence-electron chi connectivity index (χ4n) is 1.99. The SMILES string of the molecule is CCC(CNC)CNCC(C)(C)c1cc(Br)cs1. The molecule has 104 valence electrons. The van der Waals surface area contributed by atoms with Crippen LogP contribution in [0.15, 0.2) is 15.9 Å². The Morgan fingerprint density at radius 1 is 1.39 bits per heavy atom. The zero-order chi connectivity index (χ0) is 13.6. The average molecular weight is 333 g/mol. The van der Waals surface area contributed by atoms with Crippen molar-refractivity contribution in [2.24, 2.45) is 5.92 Å². The van der Waals surface area contributed by atoms with Crippen molar-refractivity contribution < 1.29 is 0 Å². The first-order chi connectivity index (χ1) is 8.49. The van der Waals surface area contributed by atoms with Gasteiger partial charge in [-0.05, 0) is 48.1 Å². The van der Waals surface area contributed by atoms with Crippen molar-refractivity contribution in [3.8, 4) is 0 Å². The van der Waals surface area contributed by atoms with Crippen molar-refractivity contribution >= 4 is 27.3 Å². The van der Waals surface area contributed by atoms with Crippen LogP contribution >= 0.6 is 27.3 Å². The van der Waals surface area contributed by atoms with Crippen molar-refractivity contribution in [3.05, 3.63) is 20.8 Å². The van der Waals surface area contributed by atoms with Gasteiger partial charge in [0.25, 0.3) is 0 Å². The Morgan fingerprint density at radius 3 is 2.61 bits per heavy atom. The van der Waals surface area contributed by atoms with Gasteiger partial charge >= 0.3 is 0 Å². The van der Waals surface area contributed by atoms with Crippen molar-refractivity contribution in [1.29, 1.82) is 0 Å². The van der Waals surface area contributed by atoms with Crippen LogP contribution in [0.2, 0.25) is 0 Å². The van der Waals surface area contributed by atoms with E-state index in [1.54, 1.807) is 0 Å². The highest BCUT2D eigenvalue weighted by Gasteiger charge is 2.22. The molecule has 0 aliphatic rings. The maximum absolute atomic E-state index is 3.62. The Labute approximate surface area is 124 Å². The largest absolute Gasteiger partial charge is 0.319 e. The lowest BCUT2D eigenvalue weighted by Gasteiger charge is -2.25. The fraction of sp³-hybridized carbons (Fsp3) is 0.714. The summed E-state index contributed by atoms with van der Waals surface area (Å²) in [6.07, 6.45) is 1.22. The Balaban J connectivity index is 2.42. The van der Waals surface area contributed by atoms with E-state index in [0.717, 1.165) is 25.6 Å². The van der Waals surface area contributed by atoms with E-state index in [-0.39, 0.29) is 5.41 Å². The molecule has 1 rings (SSSR count). The van der Waals surface area contributed by atoms with Gasteiger partial charge in [0.15, 0.2) is 0 Å². The number of thiophene rings is 1. The third-order valence-electron chi connectivity index (χ3n) is 3.30. The Hall–Kier alpha value is 0.1000. The van der Waals surface area contributed by atoms with Gasteiger partial charge in [0.2, 0.25) is 0 Å². The van der Waals surface area contributed by atoms with Crippen LogP contribution in [0.5, 0.6) is 0 Å². The molecule has 0 aliphatic carbocycles. The summed E-state index contributed by atoms with van der Waals surface area (Å²) in [6.45, 7) is 10.1. The molecule has 2 nitrogen and oxygen atoms in total. The molecule has 1 heterocycles. The maximum Gasteiger partial charge on any atom is 0.0285 e. The monoisotopic (exact) mass is 332 g/mol. The summed E-state index contributed by atoms with van der Waals surface area (Å²) in [5, 5.41) is 9.04. The van der Waals surface area contributed by atoms with E-state index in [4.69, 9.17) is 0 Å². The van der Waals surface area contributed by atoms with E-state index in [2.05, 4.69) is 58.8 Å². The molecule has 0 aliphatic heterocycles. The van der Waals surface area contributed by atoms with Gasteiger partial charge in [0, 0.05) is 26.7 Å². The third-order valence-corrected chi connectivity index (χ3v) is 5.36. The molecule has 0 amide bonds. The van der Waals surface area contributed by atoms with Gasteiger partial charge in [-0.25, -0.2) is 0 Å². The maximum atomic E-state index is 3.62. The second-order valence-electron chi connectivity index (χ2n) is 5.48. The van der Waals surface area contributed by atoms with E-state index in [9.17, 15) is 0 Å². The summed E-state index contributed by atoms with van der Waals surface area (Å²) < 4.78 is 1.19. The van der Waals surface area contributed by atoms with Crippen LogP contribution in [0.25, 0.3) is 0 Å². The number of halogens is 1. The summed E-state index contributed by atoms with van der Waals surface area (Å²) in [5.41, 5.74) is 0.203. The molecule has 0 fully saturated rings. The Bertz CT molecular complexity index is 349. The minimum absolute atomic E-state index is 0.203. The highest BCUT2D eigenvalue weighted by atomic mass is 79.9. The molecule has 0 saturated heterocycles. The number of hydrogen-bond acceptors (Lipinski definition) is 3. The van der Waals surface area contributed by atoms with E-state index in [0.29, 0.717) is 0 Å². The smallest absolute Gasteiger partial charge is 0.0285 e. The van der Waals surface area contributed by atoms with Gasteiger partial charge in [-0.1, -0.05) is 27.2 Å². The van der Waals surface area contributed by atoms with Crippen LogP contribution in [0, 0.1) is 5.92 Å². The van der Waals surface area contributed by atoms with Crippen molar-refractivity contribution in [2.75, 3.05) is 26.7 Å². The molecule has 0 bridgehead atoms. The third kappa shape index (κ3) is 5.00. The molecule has 0 aromatic carbocycles.